The summed E-state index contributed by atoms with van der Waals surface area (Å²) in [5.74, 6) is -0.122. The highest BCUT2D eigenvalue weighted by Gasteiger charge is 2.03. The van der Waals surface area contributed by atoms with Crippen LogP contribution in [0, 0.1) is 5.92 Å². The summed E-state index contributed by atoms with van der Waals surface area (Å²) in [5.41, 5.74) is 0. The van der Waals surface area contributed by atoms with E-state index in [4.69, 9.17) is 9.84 Å². The maximum absolute atomic E-state index is 10.2. The van der Waals surface area contributed by atoms with Crippen molar-refractivity contribution in [2.75, 3.05) is 13.2 Å². The van der Waals surface area contributed by atoms with E-state index in [1.165, 1.54) is 0 Å². The van der Waals surface area contributed by atoms with Gasteiger partial charge in [0.25, 0.3) is 0 Å². The van der Waals surface area contributed by atoms with Crippen molar-refractivity contribution in [2.24, 2.45) is 5.92 Å². The van der Waals surface area contributed by atoms with Gasteiger partial charge in [0.15, 0.2) is 0 Å². The zero-order valence-corrected chi connectivity index (χ0v) is 8.58. The molecule has 0 spiro atoms. The Bertz CT molecular complexity index is 134. The van der Waals surface area contributed by atoms with Crippen LogP contribution in [-0.4, -0.2) is 24.3 Å². The largest absolute Gasteiger partial charge is 0.481 e. The third-order valence-electron chi connectivity index (χ3n) is 2.05. The van der Waals surface area contributed by atoms with E-state index >= 15 is 0 Å². The number of carbonyl (C=O) groups is 1. The summed E-state index contributed by atoms with van der Waals surface area (Å²) in [4.78, 5) is 10.2. The Labute approximate surface area is 80.1 Å². The van der Waals surface area contributed by atoms with Crippen LogP contribution in [0.1, 0.15) is 39.5 Å². The molecule has 0 aliphatic rings. The summed E-state index contributed by atoms with van der Waals surface area (Å²) in [6, 6.07) is 0. The Morgan fingerprint density at radius 2 is 2.15 bits per heavy atom. The average molecular weight is 188 g/mol. The Hall–Kier alpha value is -0.570. The van der Waals surface area contributed by atoms with E-state index < -0.39 is 5.97 Å². The van der Waals surface area contributed by atoms with E-state index in [9.17, 15) is 4.79 Å². The van der Waals surface area contributed by atoms with Crippen molar-refractivity contribution in [3.05, 3.63) is 0 Å². The van der Waals surface area contributed by atoms with Gasteiger partial charge in [-0.2, -0.15) is 0 Å². The van der Waals surface area contributed by atoms with Gasteiger partial charge in [-0.05, 0) is 25.7 Å². The van der Waals surface area contributed by atoms with Gasteiger partial charge in [0.05, 0.1) is 0 Å². The molecule has 1 atom stereocenters. The first-order valence-corrected chi connectivity index (χ1v) is 4.96. The number of rotatable bonds is 8. The molecule has 1 unspecified atom stereocenters. The van der Waals surface area contributed by atoms with Gasteiger partial charge in [0.1, 0.15) is 0 Å². The molecule has 0 aliphatic heterocycles. The highest BCUT2D eigenvalue weighted by molar-refractivity contribution is 5.66. The highest BCUT2D eigenvalue weighted by Crippen LogP contribution is 2.11. The number of aliphatic carboxylic acids is 1. The van der Waals surface area contributed by atoms with Gasteiger partial charge in [-0.15, -0.1) is 0 Å². The van der Waals surface area contributed by atoms with Crippen LogP contribution in [0.4, 0.5) is 0 Å². The lowest BCUT2D eigenvalue weighted by Gasteiger charge is -2.09. The van der Waals surface area contributed by atoms with Gasteiger partial charge in [-0.25, -0.2) is 0 Å². The molecule has 0 aromatic carbocycles. The third kappa shape index (κ3) is 9.34. The summed E-state index contributed by atoms with van der Waals surface area (Å²) in [7, 11) is 0. The summed E-state index contributed by atoms with van der Waals surface area (Å²) >= 11 is 0. The monoisotopic (exact) mass is 188 g/mol. The van der Waals surface area contributed by atoms with Crippen LogP contribution in [0.25, 0.3) is 0 Å². The highest BCUT2D eigenvalue weighted by atomic mass is 16.5. The minimum atomic E-state index is -0.697. The zero-order valence-electron chi connectivity index (χ0n) is 8.58. The maximum atomic E-state index is 10.2. The van der Waals surface area contributed by atoms with Crippen LogP contribution < -0.4 is 0 Å². The molecule has 3 nitrogen and oxygen atoms in total. The summed E-state index contributed by atoms with van der Waals surface area (Å²) in [6.07, 6.45) is 3.09. The predicted molar refractivity (Wildman–Crippen MR) is 51.8 cm³/mol. The molecule has 0 aromatic rings. The number of ether oxygens (including phenoxy) is 1. The van der Waals surface area contributed by atoms with E-state index in [2.05, 4.69) is 6.92 Å². The van der Waals surface area contributed by atoms with E-state index in [0.29, 0.717) is 12.3 Å². The standard InChI is InChI=1S/C10H20O3/c1-3-13-8-7-9(2)5-4-6-10(11)12/h9H,3-8H2,1-2H3,(H,11,12). The number of carboxylic acid groups (broad SMARTS) is 1. The molecule has 3 heteroatoms. The molecular weight excluding hydrogens is 168 g/mol. The molecule has 0 radical (unpaired) electrons. The van der Waals surface area contributed by atoms with Crippen molar-refractivity contribution in [1.29, 1.82) is 0 Å². The van der Waals surface area contributed by atoms with Gasteiger partial charge < -0.3 is 9.84 Å². The van der Waals surface area contributed by atoms with Crippen molar-refractivity contribution in [2.45, 2.75) is 39.5 Å². The van der Waals surface area contributed by atoms with Gasteiger partial charge >= 0.3 is 5.97 Å². The van der Waals surface area contributed by atoms with Gasteiger partial charge in [-0.1, -0.05) is 13.3 Å². The van der Waals surface area contributed by atoms with Crippen molar-refractivity contribution in [3.8, 4) is 0 Å². The van der Waals surface area contributed by atoms with E-state index in [-0.39, 0.29) is 0 Å². The Kier molecular flexibility index (Phi) is 7.69. The number of carboxylic acids is 1. The van der Waals surface area contributed by atoms with Crippen LogP contribution in [0.3, 0.4) is 0 Å². The normalized spacial score (nSPS) is 12.8. The number of hydrogen-bond acceptors (Lipinski definition) is 2. The molecule has 78 valence electrons. The topological polar surface area (TPSA) is 46.5 Å². The average Bonchev–Trinajstić information content (AvgIpc) is 2.04. The van der Waals surface area contributed by atoms with E-state index in [1.807, 2.05) is 6.92 Å². The molecule has 0 rings (SSSR count). The lowest BCUT2D eigenvalue weighted by Crippen LogP contribution is -2.03. The fourth-order valence-electron chi connectivity index (χ4n) is 1.17. The Morgan fingerprint density at radius 3 is 2.69 bits per heavy atom. The first kappa shape index (κ1) is 12.4. The molecule has 0 amide bonds. The first-order valence-electron chi connectivity index (χ1n) is 4.96. The summed E-state index contributed by atoms with van der Waals surface area (Å²) in [6.45, 7) is 5.68. The smallest absolute Gasteiger partial charge is 0.303 e. The fraction of sp³-hybridized carbons (Fsp3) is 0.900. The van der Waals surface area contributed by atoms with Crippen LogP contribution in [0.15, 0.2) is 0 Å². The van der Waals surface area contributed by atoms with E-state index in [0.717, 1.165) is 32.5 Å². The first-order chi connectivity index (χ1) is 6.16. The zero-order chi connectivity index (χ0) is 10.1. The van der Waals surface area contributed by atoms with Crippen molar-refractivity contribution in [3.63, 3.8) is 0 Å². The van der Waals surface area contributed by atoms with Gasteiger partial charge in [0, 0.05) is 19.6 Å². The van der Waals surface area contributed by atoms with E-state index in [1.54, 1.807) is 0 Å². The molecule has 0 saturated heterocycles. The minimum absolute atomic E-state index is 0.291. The second-order valence-corrected chi connectivity index (χ2v) is 3.38. The molecule has 0 bridgehead atoms. The molecule has 0 aliphatic carbocycles. The van der Waals surface area contributed by atoms with Crippen molar-refractivity contribution >= 4 is 5.97 Å². The Morgan fingerprint density at radius 1 is 1.46 bits per heavy atom. The lowest BCUT2D eigenvalue weighted by molar-refractivity contribution is -0.137. The third-order valence-corrected chi connectivity index (χ3v) is 2.05. The predicted octanol–water partition coefficient (Wildman–Crippen LogP) is 2.30. The molecule has 13 heavy (non-hydrogen) atoms. The molecule has 0 aromatic heterocycles. The molecule has 0 saturated carbocycles. The summed E-state index contributed by atoms with van der Waals surface area (Å²) in [5, 5.41) is 8.42. The lowest BCUT2D eigenvalue weighted by atomic mass is 10.0. The summed E-state index contributed by atoms with van der Waals surface area (Å²) < 4.78 is 5.22. The molecule has 0 heterocycles. The minimum Gasteiger partial charge on any atom is -0.481 e. The molecule has 0 fully saturated rings. The van der Waals surface area contributed by atoms with Gasteiger partial charge in [-0.3, -0.25) is 4.79 Å². The van der Waals surface area contributed by atoms with Crippen LogP contribution >= 0.6 is 0 Å². The van der Waals surface area contributed by atoms with Crippen LogP contribution in [0.5, 0.6) is 0 Å². The fourth-order valence-corrected chi connectivity index (χ4v) is 1.17. The number of hydrogen-bond donors (Lipinski definition) is 1. The SMILES string of the molecule is CCOCCC(C)CCCC(=O)O. The van der Waals surface area contributed by atoms with Gasteiger partial charge in [0.2, 0.25) is 0 Å². The maximum Gasteiger partial charge on any atom is 0.303 e. The van der Waals surface area contributed by atoms with Crippen molar-refractivity contribution in [1.82, 2.24) is 0 Å². The molecular formula is C10H20O3. The molecule has 1 N–H and O–H groups in total. The van der Waals surface area contributed by atoms with Crippen molar-refractivity contribution < 1.29 is 14.6 Å². The van der Waals surface area contributed by atoms with Crippen LogP contribution in [-0.2, 0) is 9.53 Å². The second kappa shape index (κ2) is 8.05. The Balaban J connectivity index is 3.19. The van der Waals surface area contributed by atoms with Crippen LogP contribution in [0.2, 0.25) is 0 Å². The quantitative estimate of drug-likeness (QED) is 0.594. The second-order valence-electron chi connectivity index (χ2n) is 3.38.